The lowest BCUT2D eigenvalue weighted by atomic mass is 10.1. The van der Waals surface area contributed by atoms with E-state index in [0.29, 0.717) is 6.08 Å². The van der Waals surface area contributed by atoms with Gasteiger partial charge >= 0.3 is 0 Å². The van der Waals surface area contributed by atoms with E-state index in [4.69, 9.17) is 0 Å². The molecule has 0 amide bonds. The summed E-state index contributed by atoms with van der Waals surface area (Å²) in [5, 5.41) is 12.4. The highest BCUT2D eigenvalue weighted by atomic mass is 32.2. The molecule has 0 N–H and O–H groups in total. The molecule has 42 heavy (non-hydrogen) atoms. The van der Waals surface area contributed by atoms with Crippen LogP contribution in [0.4, 0.5) is 0 Å². The third-order valence-corrected chi connectivity index (χ3v) is 11.7. The summed E-state index contributed by atoms with van der Waals surface area (Å²) >= 11 is 0. The van der Waals surface area contributed by atoms with Crippen LogP contribution in [0, 0.1) is 0 Å². The van der Waals surface area contributed by atoms with Crippen LogP contribution in [-0.2, 0) is 19.7 Å². The first kappa shape index (κ1) is 33.7. The SMILES string of the molecule is CCCC[N+](CCCC)(CCCC)CCCC.O=C1/C(=C/C2=C([O-])c3ccccc3S2(=O)=O)S(=O)(=O)c2ccccc21. The van der Waals surface area contributed by atoms with Gasteiger partial charge in [-0.05, 0) is 55.5 Å². The van der Waals surface area contributed by atoms with Crippen LogP contribution in [0.15, 0.2) is 74.2 Å². The number of hydrogen-bond donors (Lipinski definition) is 0. The quantitative estimate of drug-likeness (QED) is 0.200. The van der Waals surface area contributed by atoms with Crippen LogP contribution in [-0.4, -0.2) is 53.3 Å². The Balaban J connectivity index is 0.000000252. The molecule has 4 rings (SSSR count). The maximum atomic E-state index is 12.6. The minimum absolute atomic E-state index is 0.0327. The van der Waals surface area contributed by atoms with Gasteiger partial charge in [-0.25, -0.2) is 16.8 Å². The van der Waals surface area contributed by atoms with Crippen molar-refractivity contribution in [3.63, 3.8) is 0 Å². The summed E-state index contributed by atoms with van der Waals surface area (Å²) in [5.41, 5.74) is -0.0654. The molecule has 0 spiro atoms. The van der Waals surface area contributed by atoms with Crippen molar-refractivity contribution >= 4 is 31.2 Å². The molecule has 0 unspecified atom stereocenters. The van der Waals surface area contributed by atoms with Crippen LogP contribution >= 0.6 is 0 Å². The Bertz CT molecular complexity index is 1500. The average molecular weight is 616 g/mol. The predicted molar refractivity (Wildman–Crippen MR) is 166 cm³/mol. The van der Waals surface area contributed by atoms with Crippen LogP contribution in [0.2, 0.25) is 0 Å². The van der Waals surface area contributed by atoms with Gasteiger partial charge in [-0.15, -0.1) is 0 Å². The van der Waals surface area contributed by atoms with Crippen molar-refractivity contribution in [2.45, 2.75) is 88.9 Å². The van der Waals surface area contributed by atoms with E-state index in [1.54, 1.807) is 0 Å². The molecule has 2 aromatic rings. The number of benzene rings is 2. The molecule has 0 aliphatic carbocycles. The van der Waals surface area contributed by atoms with Crippen molar-refractivity contribution in [2.75, 3.05) is 26.2 Å². The molecule has 0 saturated heterocycles. The lowest BCUT2D eigenvalue weighted by Gasteiger charge is -2.39. The van der Waals surface area contributed by atoms with Gasteiger partial charge in [0.25, 0.3) is 0 Å². The number of fused-ring (bicyclic) bond motifs is 2. The highest BCUT2D eigenvalue weighted by Gasteiger charge is 2.41. The van der Waals surface area contributed by atoms with E-state index in [9.17, 15) is 26.7 Å². The summed E-state index contributed by atoms with van der Waals surface area (Å²) in [5.74, 6) is -1.64. The molecule has 0 saturated carbocycles. The minimum atomic E-state index is -4.17. The van der Waals surface area contributed by atoms with E-state index < -0.39 is 41.0 Å². The predicted octanol–water partition coefficient (Wildman–Crippen LogP) is 6.06. The monoisotopic (exact) mass is 615 g/mol. The smallest absolute Gasteiger partial charge is 0.211 e. The second kappa shape index (κ2) is 14.6. The zero-order chi connectivity index (χ0) is 31.0. The first-order valence-corrected chi connectivity index (χ1v) is 18.2. The first-order chi connectivity index (χ1) is 20.0. The number of allylic oxidation sites excluding steroid dienone is 2. The van der Waals surface area contributed by atoms with Crippen LogP contribution in [0.3, 0.4) is 0 Å². The molecule has 9 heteroatoms. The largest absolute Gasteiger partial charge is 0.871 e. The van der Waals surface area contributed by atoms with Crippen molar-refractivity contribution in [3.8, 4) is 0 Å². The van der Waals surface area contributed by atoms with Gasteiger partial charge in [0, 0.05) is 5.56 Å². The van der Waals surface area contributed by atoms with Gasteiger partial charge in [0.15, 0.2) is 0 Å². The second-order valence-corrected chi connectivity index (χ2v) is 15.0. The molecule has 230 valence electrons. The third-order valence-electron chi connectivity index (χ3n) is 8.08. The van der Waals surface area contributed by atoms with E-state index in [1.807, 2.05) is 0 Å². The molecule has 2 heterocycles. The van der Waals surface area contributed by atoms with Crippen LogP contribution in [0.1, 0.15) is 95.0 Å². The number of sulfone groups is 2. The van der Waals surface area contributed by atoms with Crippen molar-refractivity contribution in [1.82, 2.24) is 0 Å². The standard InChI is InChI=1S/C17H10O6S2.C16H36N/c18-16-10-5-1-3-7-12(10)24(20,21)14(16)9-15-17(19)11-6-2-4-8-13(11)25(15,22)23;1-5-9-13-17(14-10-6-2,15-11-7-3)16-12-8-4/h1-9,18H;5-16H2,1-4H3/q;+1/p-1/b15-9-;. The van der Waals surface area contributed by atoms with Gasteiger partial charge in [-0.2, -0.15) is 0 Å². The second-order valence-electron chi connectivity index (χ2n) is 11.2. The van der Waals surface area contributed by atoms with Gasteiger partial charge in [0.1, 0.15) is 4.91 Å². The molecule has 0 aromatic heterocycles. The lowest BCUT2D eigenvalue weighted by Crippen LogP contribution is -2.50. The molecule has 2 aromatic carbocycles. The number of Topliss-reactive ketones (excluding diaryl/α,β-unsaturated/α-hetero) is 1. The minimum Gasteiger partial charge on any atom is -0.871 e. The zero-order valence-electron chi connectivity index (χ0n) is 25.4. The lowest BCUT2D eigenvalue weighted by molar-refractivity contribution is -0.929. The number of hydrogen-bond acceptors (Lipinski definition) is 6. The highest BCUT2D eigenvalue weighted by Crippen LogP contribution is 2.40. The molecule has 0 bridgehead atoms. The number of nitrogens with zero attached hydrogens (tertiary/aromatic N) is 1. The van der Waals surface area contributed by atoms with E-state index >= 15 is 0 Å². The average Bonchev–Trinajstić information content (AvgIpc) is 3.31. The number of carbonyl (C=O) groups excluding carboxylic acids is 1. The van der Waals surface area contributed by atoms with Crippen LogP contribution < -0.4 is 5.11 Å². The van der Waals surface area contributed by atoms with Gasteiger partial charge in [-0.1, -0.05) is 89.5 Å². The van der Waals surface area contributed by atoms with Crippen molar-refractivity contribution in [2.24, 2.45) is 0 Å². The molecule has 2 aliphatic rings. The van der Waals surface area contributed by atoms with Crippen LogP contribution in [0.25, 0.3) is 5.76 Å². The maximum absolute atomic E-state index is 12.6. The number of rotatable bonds is 13. The molecule has 0 fully saturated rings. The molecule has 2 aliphatic heterocycles. The summed E-state index contributed by atoms with van der Waals surface area (Å²) in [7, 11) is -8.34. The Kier molecular flexibility index (Phi) is 11.7. The molecular weight excluding hydrogens is 570 g/mol. The number of unbranched alkanes of at least 4 members (excludes halogenated alkanes) is 4. The van der Waals surface area contributed by atoms with Gasteiger partial charge in [-0.3, -0.25) is 4.79 Å². The fraction of sp³-hybridized carbons (Fsp3) is 0.485. The van der Waals surface area contributed by atoms with E-state index in [2.05, 4.69) is 27.7 Å². The highest BCUT2D eigenvalue weighted by molar-refractivity contribution is 7.97. The van der Waals surface area contributed by atoms with E-state index in [-0.39, 0.29) is 20.9 Å². The van der Waals surface area contributed by atoms with Crippen molar-refractivity contribution < 1.29 is 31.2 Å². The Morgan fingerprint density at radius 2 is 1.05 bits per heavy atom. The Morgan fingerprint density at radius 3 is 1.45 bits per heavy atom. The fourth-order valence-corrected chi connectivity index (χ4v) is 8.79. The maximum Gasteiger partial charge on any atom is 0.211 e. The number of carbonyl (C=O) groups is 1. The summed E-state index contributed by atoms with van der Waals surface area (Å²) in [6, 6.07) is 11.2. The fourth-order valence-electron chi connectivity index (χ4n) is 5.57. The number of ketones is 1. The van der Waals surface area contributed by atoms with Gasteiger partial charge < -0.3 is 9.59 Å². The van der Waals surface area contributed by atoms with Crippen molar-refractivity contribution in [3.05, 3.63) is 75.5 Å². The molecule has 7 nitrogen and oxygen atoms in total. The molecular formula is C33H45NO6S2. The Labute approximate surface area is 252 Å². The topological polar surface area (TPSA) is 108 Å². The molecule has 0 radical (unpaired) electrons. The van der Waals surface area contributed by atoms with Gasteiger partial charge in [0.2, 0.25) is 25.5 Å². The zero-order valence-corrected chi connectivity index (χ0v) is 27.0. The summed E-state index contributed by atoms with van der Waals surface area (Å²) in [6.45, 7) is 15.0. The van der Waals surface area contributed by atoms with E-state index in [0.717, 1.165) is 0 Å². The Morgan fingerprint density at radius 1 is 0.643 bits per heavy atom. The molecule has 0 atom stereocenters. The summed E-state index contributed by atoms with van der Waals surface area (Å²) in [6.07, 6.45) is 11.8. The van der Waals surface area contributed by atoms with Crippen LogP contribution in [0.5, 0.6) is 0 Å². The van der Waals surface area contributed by atoms with Crippen molar-refractivity contribution in [1.29, 1.82) is 0 Å². The van der Waals surface area contributed by atoms with Gasteiger partial charge in [0.05, 0.1) is 40.9 Å². The van der Waals surface area contributed by atoms with E-state index in [1.165, 1.54) is 131 Å². The first-order valence-electron chi connectivity index (χ1n) is 15.2. The Hall–Kier alpha value is -2.75. The summed E-state index contributed by atoms with van der Waals surface area (Å²) in [4.78, 5) is 10.6. The normalized spacial score (nSPS) is 17.6. The summed E-state index contributed by atoms with van der Waals surface area (Å²) < 4.78 is 51.7. The number of quaternary nitrogens is 1. The third kappa shape index (κ3) is 7.06.